The first-order chi connectivity index (χ1) is 13.2. The predicted molar refractivity (Wildman–Crippen MR) is 110 cm³/mol. The number of aromatic nitrogens is 3. The van der Waals surface area contributed by atoms with Gasteiger partial charge >= 0.3 is 0 Å². The van der Waals surface area contributed by atoms with Crippen LogP contribution in [0.3, 0.4) is 0 Å². The summed E-state index contributed by atoms with van der Waals surface area (Å²) in [5, 5.41) is 11.7. The van der Waals surface area contributed by atoms with Crippen LogP contribution in [0.1, 0.15) is 41.9 Å². The molecule has 6 heteroatoms. The summed E-state index contributed by atoms with van der Waals surface area (Å²) in [6.07, 6.45) is 5.87. The van der Waals surface area contributed by atoms with E-state index in [2.05, 4.69) is 36.0 Å². The van der Waals surface area contributed by atoms with Gasteiger partial charge in [0.25, 0.3) is 5.91 Å². The maximum Gasteiger partial charge on any atom is 0.255 e. The first kappa shape index (κ1) is 17.9. The van der Waals surface area contributed by atoms with Crippen molar-refractivity contribution in [3.63, 3.8) is 0 Å². The third-order valence-electron chi connectivity index (χ3n) is 4.87. The van der Waals surface area contributed by atoms with Crippen LogP contribution in [0.25, 0.3) is 11.4 Å². The molecule has 0 unspecified atom stereocenters. The van der Waals surface area contributed by atoms with E-state index in [0.717, 1.165) is 40.3 Å². The van der Waals surface area contributed by atoms with Crippen LogP contribution in [-0.4, -0.2) is 20.7 Å². The van der Waals surface area contributed by atoms with Crippen LogP contribution >= 0.6 is 15.9 Å². The highest BCUT2D eigenvalue weighted by Gasteiger charge is 2.15. The number of nitrogens with one attached hydrogen (secondary N) is 1. The van der Waals surface area contributed by atoms with Gasteiger partial charge in [0.2, 0.25) is 0 Å². The van der Waals surface area contributed by atoms with E-state index in [1.54, 1.807) is 12.1 Å². The molecule has 0 atom stereocenters. The lowest BCUT2D eigenvalue weighted by atomic mass is 10.1. The Morgan fingerprint density at radius 2 is 1.67 bits per heavy atom. The Labute approximate surface area is 167 Å². The maximum absolute atomic E-state index is 12.3. The van der Waals surface area contributed by atoms with Crippen molar-refractivity contribution in [2.75, 3.05) is 5.32 Å². The fourth-order valence-corrected chi connectivity index (χ4v) is 3.65. The lowest BCUT2D eigenvalue weighted by Gasteiger charge is -2.13. The predicted octanol–water partition coefficient (Wildman–Crippen LogP) is 5.08. The summed E-state index contributed by atoms with van der Waals surface area (Å²) in [6, 6.07) is 15.1. The van der Waals surface area contributed by atoms with Crippen molar-refractivity contribution >= 4 is 27.5 Å². The highest BCUT2D eigenvalue weighted by Crippen LogP contribution is 2.24. The monoisotopic (exact) mass is 424 g/mol. The molecule has 0 radical (unpaired) electrons. The average Bonchev–Trinajstić information content (AvgIpc) is 3.04. The second-order valence-corrected chi connectivity index (χ2v) is 7.71. The molecule has 27 heavy (non-hydrogen) atoms. The zero-order valence-electron chi connectivity index (χ0n) is 15.0. The molecule has 3 aromatic rings. The van der Waals surface area contributed by atoms with Crippen LogP contribution in [0, 0.1) is 0 Å². The lowest BCUT2D eigenvalue weighted by Crippen LogP contribution is -2.11. The Morgan fingerprint density at radius 3 is 2.44 bits per heavy atom. The van der Waals surface area contributed by atoms with Gasteiger partial charge in [0.1, 0.15) is 5.82 Å². The van der Waals surface area contributed by atoms with Gasteiger partial charge in [-0.3, -0.25) is 4.79 Å². The van der Waals surface area contributed by atoms with E-state index >= 15 is 0 Å². The smallest absolute Gasteiger partial charge is 0.255 e. The Morgan fingerprint density at radius 1 is 0.926 bits per heavy atom. The first-order valence-electron chi connectivity index (χ1n) is 9.30. The van der Waals surface area contributed by atoms with Crippen molar-refractivity contribution in [3.8, 4) is 11.4 Å². The van der Waals surface area contributed by atoms with Gasteiger partial charge in [-0.15, -0.1) is 10.2 Å². The minimum atomic E-state index is -0.122. The van der Waals surface area contributed by atoms with Crippen molar-refractivity contribution < 1.29 is 4.79 Å². The zero-order valence-corrected chi connectivity index (χ0v) is 16.6. The Hall–Kier alpha value is -2.47. The van der Waals surface area contributed by atoms with E-state index in [9.17, 15) is 4.79 Å². The SMILES string of the molecule is O=C(Nc1ccc(-c2nnc3n2CCCCCC3)cc1)c1ccc(Br)cc1. The molecule has 2 aromatic carbocycles. The molecule has 1 aromatic heterocycles. The Balaban J connectivity index is 1.51. The second kappa shape index (κ2) is 8.05. The molecule has 1 aliphatic rings. The summed E-state index contributed by atoms with van der Waals surface area (Å²) in [7, 11) is 0. The number of carbonyl (C=O) groups is 1. The lowest BCUT2D eigenvalue weighted by molar-refractivity contribution is 0.102. The van der Waals surface area contributed by atoms with Crippen molar-refractivity contribution in [1.29, 1.82) is 0 Å². The molecule has 4 rings (SSSR count). The minimum Gasteiger partial charge on any atom is -0.322 e. The largest absolute Gasteiger partial charge is 0.322 e. The second-order valence-electron chi connectivity index (χ2n) is 6.79. The van der Waals surface area contributed by atoms with E-state index < -0.39 is 0 Å². The van der Waals surface area contributed by atoms with Crippen LogP contribution in [0.4, 0.5) is 5.69 Å². The zero-order chi connectivity index (χ0) is 18.6. The van der Waals surface area contributed by atoms with E-state index in [0.29, 0.717) is 5.56 Å². The molecule has 0 aliphatic carbocycles. The quantitative estimate of drug-likeness (QED) is 0.637. The number of anilines is 1. The van der Waals surface area contributed by atoms with Crippen molar-refractivity contribution in [3.05, 3.63) is 64.4 Å². The Kier molecular flexibility index (Phi) is 5.34. The van der Waals surface area contributed by atoms with Gasteiger partial charge in [0, 0.05) is 34.3 Å². The van der Waals surface area contributed by atoms with Gasteiger partial charge in [-0.2, -0.15) is 0 Å². The summed E-state index contributed by atoms with van der Waals surface area (Å²) in [4.78, 5) is 12.3. The maximum atomic E-state index is 12.3. The highest BCUT2D eigenvalue weighted by atomic mass is 79.9. The van der Waals surface area contributed by atoms with Gasteiger partial charge in [-0.25, -0.2) is 0 Å². The third-order valence-corrected chi connectivity index (χ3v) is 5.40. The summed E-state index contributed by atoms with van der Waals surface area (Å²) in [6.45, 7) is 0.972. The third kappa shape index (κ3) is 4.11. The van der Waals surface area contributed by atoms with Gasteiger partial charge in [-0.05, 0) is 61.4 Å². The van der Waals surface area contributed by atoms with Crippen LogP contribution in [-0.2, 0) is 13.0 Å². The number of benzene rings is 2. The van der Waals surface area contributed by atoms with Crippen molar-refractivity contribution in [2.24, 2.45) is 0 Å². The number of rotatable bonds is 3. The van der Waals surface area contributed by atoms with Gasteiger partial charge in [0.15, 0.2) is 5.82 Å². The first-order valence-corrected chi connectivity index (χ1v) is 10.1. The fraction of sp³-hybridized carbons (Fsp3) is 0.286. The molecular formula is C21H21BrN4O. The van der Waals surface area contributed by atoms with Crippen molar-refractivity contribution in [2.45, 2.75) is 38.6 Å². The molecule has 1 aliphatic heterocycles. The molecule has 0 saturated carbocycles. The minimum absolute atomic E-state index is 0.122. The molecule has 5 nitrogen and oxygen atoms in total. The Bertz CT molecular complexity index is 932. The molecule has 138 valence electrons. The average molecular weight is 425 g/mol. The van der Waals surface area contributed by atoms with E-state index in [1.807, 2.05) is 36.4 Å². The van der Waals surface area contributed by atoms with Crippen LogP contribution in [0.2, 0.25) is 0 Å². The molecule has 0 saturated heterocycles. The summed E-state index contributed by atoms with van der Waals surface area (Å²) in [5.41, 5.74) is 2.41. The number of hydrogen-bond donors (Lipinski definition) is 1. The molecular weight excluding hydrogens is 404 g/mol. The number of hydrogen-bond acceptors (Lipinski definition) is 3. The van der Waals surface area contributed by atoms with Crippen LogP contribution in [0.5, 0.6) is 0 Å². The molecule has 0 fully saturated rings. The number of fused-ring (bicyclic) bond motifs is 1. The number of halogens is 1. The topological polar surface area (TPSA) is 59.8 Å². The summed E-state index contributed by atoms with van der Waals surface area (Å²) < 4.78 is 3.20. The molecule has 0 bridgehead atoms. The summed E-state index contributed by atoms with van der Waals surface area (Å²) >= 11 is 3.38. The van der Waals surface area contributed by atoms with Gasteiger partial charge < -0.3 is 9.88 Å². The highest BCUT2D eigenvalue weighted by molar-refractivity contribution is 9.10. The molecule has 1 amide bonds. The van der Waals surface area contributed by atoms with Crippen LogP contribution < -0.4 is 5.32 Å². The molecule has 1 N–H and O–H groups in total. The summed E-state index contributed by atoms with van der Waals surface area (Å²) in [5.74, 6) is 1.87. The van der Waals surface area contributed by atoms with Crippen LogP contribution in [0.15, 0.2) is 53.0 Å². The number of carbonyl (C=O) groups excluding carboxylic acids is 1. The van der Waals surface area contributed by atoms with E-state index in [-0.39, 0.29) is 5.91 Å². The van der Waals surface area contributed by atoms with Gasteiger partial charge in [0.05, 0.1) is 0 Å². The van der Waals surface area contributed by atoms with E-state index in [4.69, 9.17) is 0 Å². The van der Waals surface area contributed by atoms with E-state index in [1.165, 1.54) is 25.7 Å². The van der Waals surface area contributed by atoms with Crippen molar-refractivity contribution in [1.82, 2.24) is 14.8 Å². The number of aryl methyl sites for hydroxylation is 1. The number of nitrogens with zero attached hydrogens (tertiary/aromatic N) is 3. The fourth-order valence-electron chi connectivity index (χ4n) is 3.38. The standard InChI is InChI=1S/C21H21BrN4O/c22-17-10-6-16(7-11-17)21(27)23-18-12-8-15(9-13-18)20-25-24-19-5-3-1-2-4-14-26(19)20/h6-13H,1-5,14H2,(H,23,27). The van der Waals surface area contributed by atoms with Gasteiger partial charge in [-0.1, -0.05) is 28.8 Å². The molecule has 0 spiro atoms. The number of amides is 1. The molecule has 2 heterocycles. The normalized spacial score (nSPS) is 14.1.